The van der Waals surface area contributed by atoms with Gasteiger partial charge in [-0.1, -0.05) is 244 Å². The average Bonchev–Trinajstić information content (AvgIpc) is 3.29. The highest BCUT2D eigenvalue weighted by atomic mass is 16.6. The molecular weight excluding hydrogens is 793 g/mol. The fourth-order valence-corrected chi connectivity index (χ4v) is 8.37. The van der Waals surface area contributed by atoms with Crippen molar-refractivity contribution in [2.24, 2.45) is 0 Å². The molecule has 0 aromatic heterocycles. The molecule has 0 N–H and O–H groups in total. The van der Waals surface area contributed by atoms with Crippen LogP contribution in [0, 0.1) is 0 Å². The molecule has 376 valence electrons. The third-order valence-corrected chi connectivity index (χ3v) is 12.7. The molecule has 0 aliphatic rings. The lowest BCUT2D eigenvalue weighted by Gasteiger charge is -2.18. The van der Waals surface area contributed by atoms with E-state index in [9.17, 15) is 14.4 Å². The van der Waals surface area contributed by atoms with Gasteiger partial charge < -0.3 is 14.2 Å². The first-order chi connectivity index (χ1) is 31.5. The summed E-state index contributed by atoms with van der Waals surface area (Å²) in [5.74, 6) is -0.882. The van der Waals surface area contributed by atoms with Crippen molar-refractivity contribution in [3.63, 3.8) is 0 Å². The first-order valence-corrected chi connectivity index (χ1v) is 28.3. The Balaban J connectivity index is 3.91. The zero-order valence-corrected chi connectivity index (χ0v) is 43.1. The monoisotopic (exact) mass is 901 g/mol. The minimum absolute atomic E-state index is 0.0714. The van der Waals surface area contributed by atoms with E-state index in [-0.39, 0.29) is 31.1 Å². The number of rotatable bonds is 52. The van der Waals surface area contributed by atoms with Gasteiger partial charge in [0.05, 0.1) is 0 Å². The Morgan fingerprint density at radius 2 is 0.516 bits per heavy atom. The van der Waals surface area contributed by atoms with E-state index < -0.39 is 6.10 Å². The van der Waals surface area contributed by atoms with E-state index >= 15 is 0 Å². The van der Waals surface area contributed by atoms with Crippen LogP contribution in [0.15, 0.2) is 24.3 Å². The Morgan fingerprint density at radius 3 is 0.812 bits per heavy atom. The van der Waals surface area contributed by atoms with Crippen molar-refractivity contribution in [1.29, 1.82) is 0 Å². The Morgan fingerprint density at radius 1 is 0.297 bits per heavy atom. The van der Waals surface area contributed by atoms with E-state index in [1.165, 1.54) is 199 Å². The zero-order chi connectivity index (χ0) is 46.5. The SMILES string of the molecule is CCCCC/C=C\CCCCCCCC(=O)OC(COC(=O)CCCCCCC)COC(=O)CCCCCCCCCCCCCCCCCCC/C=C\CCCCCCCCCC. The second kappa shape index (κ2) is 53.5. The predicted octanol–water partition coefficient (Wildman–Crippen LogP) is 18.7. The fourth-order valence-electron chi connectivity index (χ4n) is 8.37. The lowest BCUT2D eigenvalue weighted by atomic mass is 10.0. The summed E-state index contributed by atoms with van der Waals surface area (Å²) in [5.41, 5.74) is 0. The van der Waals surface area contributed by atoms with Crippen LogP contribution in [0.25, 0.3) is 0 Å². The maximum absolute atomic E-state index is 12.7. The highest BCUT2D eigenvalue weighted by Gasteiger charge is 2.19. The topological polar surface area (TPSA) is 78.9 Å². The number of hydrogen-bond acceptors (Lipinski definition) is 6. The van der Waals surface area contributed by atoms with Crippen LogP contribution in [0.5, 0.6) is 0 Å². The number of carbonyl (C=O) groups excluding carboxylic acids is 3. The predicted molar refractivity (Wildman–Crippen MR) is 275 cm³/mol. The maximum atomic E-state index is 12.7. The summed E-state index contributed by atoms with van der Waals surface area (Å²) >= 11 is 0. The van der Waals surface area contributed by atoms with E-state index in [0.717, 1.165) is 70.6 Å². The Labute approximate surface area is 398 Å². The summed E-state index contributed by atoms with van der Waals surface area (Å²) in [7, 11) is 0. The molecule has 1 atom stereocenters. The molecule has 0 heterocycles. The molecule has 0 saturated carbocycles. The minimum atomic E-state index is -0.767. The number of carbonyl (C=O) groups is 3. The number of allylic oxidation sites excluding steroid dienone is 4. The molecule has 0 amide bonds. The van der Waals surface area contributed by atoms with Crippen LogP contribution in [0.1, 0.15) is 310 Å². The summed E-state index contributed by atoms with van der Waals surface area (Å²) in [5, 5.41) is 0. The van der Waals surface area contributed by atoms with Gasteiger partial charge in [-0.25, -0.2) is 0 Å². The van der Waals surface area contributed by atoms with Crippen molar-refractivity contribution < 1.29 is 28.6 Å². The lowest BCUT2D eigenvalue weighted by Crippen LogP contribution is -2.30. The van der Waals surface area contributed by atoms with Crippen LogP contribution < -0.4 is 0 Å². The summed E-state index contributed by atoms with van der Waals surface area (Å²) < 4.78 is 16.7. The summed E-state index contributed by atoms with van der Waals surface area (Å²) in [6, 6.07) is 0. The molecule has 6 heteroatoms. The van der Waals surface area contributed by atoms with Gasteiger partial charge in [-0.2, -0.15) is 0 Å². The fraction of sp³-hybridized carbons (Fsp3) is 0.879. The molecule has 0 radical (unpaired) electrons. The average molecular weight is 901 g/mol. The Hall–Kier alpha value is -2.11. The van der Waals surface area contributed by atoms with Gasteiger partial charge in [0.15, 0.2) is 6.10 Å². The van der Waals surface area contributed by atoms with Crippen LogP contribution >= 0.6 is 0 Å². The molecular formula is C58H108O6. The molecule has 0 aliphatic carbocycles. The first kappa shape index (κ1) is 61.9. The van der Waals surface area contributed by atoms with Crippen molar-refractivity contribution >= 4 is 17.9 Å². The molecule has 0 rings (SSSR count). The first-order valence-electron chi connectivity index (χ1n) is 28.3. The van der Waals surface area contributed by atoms with Gasteiger partial charge in [-0.05, 0) is 70.6 Å². The third kappa shape index (κ3) is 50.9. The molecule has 1 unspecified atom stereocenters. The Bertz CT molecular complexity index is 1040. The van der Waals surface area contributed by atoms with Gasteiger partial charge in [0.2, 0.25) is 0 Å². The van der Waals surface area contributed by atoms with E-state index in [1.54, 1.807) is 0 Å². The minimum Gasteiger partial charge on any atom is -0.462 e. The van der Waals surface area contributed by atoms with Crippen molar-refractivity contribution in [3.05, 3.63) is 24.3 Å². The number of ether oxygens (including phenoxy) is 3. The molecule has 0 saturated heterocycles. The lowest BCUT2D eigenvalue weighted by molar-refractivity contribution is -0.167. The summed E-state index contributed by atoms with van der Waals surface area (Å²) in [6.45, 7) is 6.55. The smallest absolute Gasteiger partial charge is 0.306 e. The molecule has 0 fully saturated rings. The van der Waals surface area contributed by atoms with Crippen LogP contribution in [-0.2, 0) is 28.6 Å². The van der Waals surface area contributed by atoms with Crippen molar-refractivity contribution in [3.8, 4) is 0 Å². The van der Waals surface area contributed by atoms with E-state index in [0.29, 0.717) is 19.3 Å². The van der Waals surface area contributed by atoms with Crippen LogP contribution in [0.2, 0.25) is 0 Å². The number of hydrogen-bond donors (Lipinski definition) is 0. The van der Waals surface area contributed by atoms with E-state index in [1.807, 2.05) is 0 Å². The van der Waals surface area contributed by atoms with Gasteiger partial charge in [-0.15, -0.1) is 0 Å². The molecule has 64 heavy (non-hydrogen) atoms. The summed E-state index contributed by atoms with van der Waals surface area (Å²) in [4.78, 5) is 37.6. The molecule has 0 bridgehead atoms. The quantitative estimate of drug-likeness (QED) is 0.0262. The van der Waals surface area contributed by atoms with Gasteiger partial charge >= 0.3 is 17.9 Å². The second-order valence-corrected chi connectivity index (χ2v) is 19.2. The highest BCUT2D eigenvalue weighted by molar-refractivity contribution is 5.71. The Kier molecular flexibility index (Phi) is 51.7. The maximum Gasteiger partial charge on any atom is 0.306 e. The van der Waals surface area contributed by atoms with Crippen LogP contribution in [0.4, 0.5) is 0 Å². The van der Waals surface area contributed by atoms with Crippen molar-refractivity contribution in [2.75, 3.05) is 13.2 Å². The van der Waals surface area contributed by atoms with E-state index in [2.05, 4.69) is 45.1 Å². The molecule has 6 nitrogen and oxygen atoms in total. The van der Waals surface area contributed by atoms with Gasteiger partial charge in [-0.3, -0.25) is 14.4 Å². The largest absolute Gasteiger partial charge is 0.462 e. The number of esters is 3. The highest BCUT2D eigenvalue weighted by Crippen LogP contribution is 2.17. The van der Waals surface area contributed by atoms with E-state index in [4.69, 9.17) is 14.2 Å². The van der Waals surface area contributed by atoms with Crippen LogP contribution in [-0.4, -0.2) is 37.2 Å². The number of unbranched alkanes of at least 4 members (excludes halogenated alkanes) is 37. The normalized spacial score (nSPS) is 12.1. The van der Waals surface area contributed by atoms with Crippen molar-refractivity contribution in [2.45, 2.75) is 316 Å². The molecule has 0 spiro atoms. The van der Waals surface area contributed by atoms with Gasteiger partial charge in [0, 0.05) is 19.3 Å². The van der Waals surface area contributed by atoms with Crippen molar-refractivity contribution in [1.82, 2.24) is 0 Å². The molecule has 0 aromatic carbocycles. The second-order valence-electron chi connectivity index (χ2n) is 19.2. The van der Waals surface area contributed by atoms with Crippen LogP contribution in [0.3, 0.4) is 0 Å². The molecule has 0 aromatic rings. The zero-order valence-electron chi connectivity index (χ0n) is 43.1. The third-order valence-electron chi connectivity index (χ3n) is 12.7. The van der Waals surface area contributed by atoms with Gasteiger partial charge in [0.25, 0.3) is 0 Å². The summed E-state index contributed by atoms with van der Waals surface area (Å²) in [6.07, 6.45) is 62.4. The standard InChI is InChI=1S/C58H108O6/c1-4-7-10-13-15-17-19-21-22-23-24-25-26-27-28-29-30-31-32-33-34-35-36-37-39-40-42-45-48-51-57(60)63-54-55(53-62-56(59)50-47-44-12-9-6-3)64-58(61)52-49-46-43-41-38-20-18-16-14-11-8-5-2/h16,18,23-24,55H,4-15,17,19-22,25-54H2,1-3H3/b18-16-,24-23-. The van der Waals surface area contributed by atoms with Gasteiger partial charge in [0.1, 0.15) is 13.2 Å². The molecule has 0 aliphatic heterocycles.